The molecule has 0 aromatic carbocycles. The first-order valence-corrected chi connectivity index (χ1v) is 4.26. The molecule has 2 fully saturated rings. The maximum Gasteiger partial charge on any atom is 0.321 e. The summed E-state index contributed by atoms with van der Waals surface area (Å²) in [5, 5.41) is 2.33. The molecule has 3 atom stereocenters. The molecule has 0 bridgehead atoms. The van der Waals surface area contributed by atoms with Gasteiger partial charge in [-0.25, -0.2) is 0 Å². The fourth-order valence-electron chi connectivity index (χ4n) is 1.73. The summed E-state index contributed by atoms with van der Waals surface area (Å²) in [7, 11) is 0. The lowest BCUT2D eigenvalue weighted by molar-refractivity contribution is -0.143. The first kappa shape index (κ1) is 8.87. The molecule has 13 heavy (non-hydrogen) atoms. The molecule has 1 aliphatic carbocycles. The highest BCUT2D eigenvalue weighted by atomic mass is 19.3. The van der Waals surface area contributed by atoms with Crippen LogP contribution in [-0.2, 0) is 9.53 Å². The smallest absolute Gasteiger partial charge is 0.321 e. The number of ether oxygens (including phenoxy) is 1. The minimum atomic E-state index is -3.27. The van der Waals surface area contributed by atoms with E-state index in [4.69, 9.17) is 4.74 Å². The van der Waals surface area contributed by atoms with Gasteiger partial charge in [-0.15, -0.1) is 0 Å². The summed E-state index contributed by atoms with van der Waals surface area (Å²) in [6.45, 7) is 1.78. The number of rotatable bonds is 2. The van der Waals surface area contributed by atoms with Crippen LogP contribution < -0.4 is 5.32 Å². The van der Waals surface area contributed by atoms with Crippen molar-refractivity contribution in [3.63, 3.8) is 0 Å². The summed E-state index contributed by atoms with van der Waals surface area (Å²) in [5.41, 5.74) is 0. The second-order valence-electron chi connectivity index (χ2n) is 3.75. The molecule has 1 amide bonds. The van der Waals surface area contributed by atoms with Crippen LogP contribution in [-0.4, -0.2) is 31.1 Å². The molecule has 2 aliphatic rings. The van der Waals surface area contributed by atoms with Gasteiger partial charge in [-0.05, 0) is 0 Å². The van der Waals surface area contributed by atoms with Gasteiger partial charge in [-0.3, -0.25) is 4.79 Å². The van der Waals surface area contributed by atoms with Gasteiger partial charge < -0.3 is 10.1 Å². The maximum absolute atomic E-state index is 12.4. The standard InChI is InChI=1S/C8H11F2NO2/c1-8(9,10)7(12)11-6-4-2-13-3-5(4)6/h4-6H,2-3H2,1H3,(H,11,12)/t4-,5+,6?. The quantitative estimate of drug-likeness (QED) is 0.686. The van der Waals surface area contributed by atoms with Crippen LogP contribution in [0, 0.1) is 11.8 Å². The summed E-state index contributed by atoms with van der Waals surface area (Å²) in [4.78, 5) is 10.8. The van der Waals surface area contributed by atoms with E-state index in [1.807, 2.05) is 0 Å². The Hall–Kier alpha value is -0.710. The first-order chi connectivity index (χ1) is 6.00. The molecule has 0 spiro atoms. The number of nitrogens with one attached hydrogen (secondary N) is 1. The van der Waals surface area contributed by atoms with Gasteiger partial charge in [-0.1, -0.05) is 0 Å². The minimum Gasteiger partial charge on any atom is -0.381 e. The molecule has 1 unspecified atom stereocenters. The van der Waals surface area contributed by atoms with E-state index >= 15 is 0 Å². The molecule has 0 aromatic heterocycles. The van der Waals surface area contributed by atoms with E-state index < -0.39 is 11.8 Å². The van der Waals surface area contributed by atoms with Crippen LogP contribution in [0.15, 0.2) is 0 Å². The van der Waals surface area contributed by atoms with E-state index in [0.29, 0.717) is 20.1 Å². The lowest BCUT2D eigenvalue weighted by Crippen LogP contribution is -2.40. The van der Waals surface area contributed by atoms with Crippen LogP contribution in [0.5, 0.6) is 0 Å². The van der Waals surface area contributed by atoms with Crippen molar-refractivity contribution in [3.8, 4) is 0 Å². The predicted molar refractivity (Wildman–Crippen MR) is 40.4 cm³/mol. The Morgan fingerprint density at radius 3 is 2.46 bits per heavy atom. The fourth-order valence-corrected chi connectivity index (χ4v) is 1.73. The fraction of sp³-hybridized carbons (Fsp3) is 0.875. The molecule has 5 heteroatoms. The van der Waals surface area contributed by atoms with E-state index in [2.05, 4.69) is 5.32 Å². The second kappa shape index (κ2) is 2.64. The second-order valence-corrected chi connectivity index (χ2v) is 3.75. The van der Waals surface area contributed by atoms with Crippen LogP contribution in [0.3, 0.4) is 0 Å². The average Bonchev–Trinajstić information content (AvgIpc) is 2.47. The van der Waals surface area contributed by atoms with Gasteiger partial charge in [0.1, 0.15) is 0 Å². The van der Waals surface area contributed by atoms with E-state index in [1.165, 1.54) is 0 Å². The zero-order chi connectivity index (χ0) is 9.64. The van der Waals surface area contributed by atoms with Gasteiger partial charge in [0.05, 0.1) is 13.2 Å². The first-order valence-electron chi connectivity index (χ1n) is 4.26. The van der Waals surface area contributed by atoms with Crippen LogP contribution >= 0.6 is 0 Å². The average molecular weight is 191 g/mol. The number of carbonyl (C=O) groups is 1. The van der Waals surface area contributed by atoms with Gasteiger partial charge in [0.15, 0.2) is 0 Å². The van der Waals surface area contributed by atoms with Crippen molar-refractivity contribution in [2.45, 2.75) is 18.9 Å². The molecule has 1 heterocycles. The molecular weight excluding hydrogens is 180 g/mol. The molecule has 0 radical (unpaired) electrons. The zero-order valence-electron chi connectivity index (χ0n) is 7.22. The third-order valence-corrected chi connectivity index (χ3v) is 2.65. The summed E-state index contributed by atoms with van der Waals surface area (Å²) in [5.74, 6) is -3.90. The minimum absolute atomic E-state index is 0.0768. The Labute approximate surface area is 74.4 Å². The Kier molecular flexibility index (Phi) is 1.80. The molecular formula is C8H11F2NO2. The molecule has 1 saturated heterocycles. The normalized spacial score (nSPS) is 37.0. The van der Waals surface area contributed by atoms with Crippen molar-refractivity contribution in [1.29, 1.82) is 0 Å². The maximum atomic E-state index is 12.4. The third-order valence-electron chi connectivity index (χ3n) is 2.65. The molecule has 1 N–H and O–H groups in total. The monoisotopic (exact) mass is 191 g/mol. The molecule has 1 aliphatic heterocycles. The highest BCUT2D eigenvalue weighted by Crippen LogP contribution is 2.44. The Bertz CT molecular complexity index is 229. The number of halogens is 2. The van der Waals surface area contributed by atoms with Crippen LogP contribution in [0.25, 0.3) is 0 Å². The van der Waals surface area contributed by atoms with Crippen molar-refractivity contribution in [2.24, 2.45) is 11.8 Å². The third kappa shape index (κ3) is 1.52. The lowest BCUT2D eigenvalue weighted by atomic mass is 10.3. The highest BCUT2D eigenvalue weighted by Gasteiger charge is 2.56. The van der Waals surface area contributed by atoms with Crippen LogP contribution in [0.2, 0.25) is 0 Å². The number of hydrogen-bond acceptors (Lipinski definition) is 2. The Balaban J connectivity index is 1.84. The summed E-state index contributed by atoms with van der Waals surface area (Å²) >= 11 is 0. The molecule has 74 valence electrons. The molecule has 2 rings (SSSR count). The van der Waals surface area contributed by atoms with Crippen molar-refractivity contribution >= 4 is 5.91 Å². The predicted octanol–water partition coefficient (Wildman–Crippen LogP) is 0.403. The summed E-state index contributed by atoms with van der Waals surface area (Å²) in [6, 6.07) is -0.0768. The summed E-state index contributed by atoms with van der Waals surface area (Å²) in [6.07, 6.45) is 0. The highest BCUT2D eigenvalue weighted by molar-refractivity contribution is 5.83. The topological polar surface area (TPSA) is 38.3 Å². The van der Waals surface area contributed by atoms with Gasteiger partial charge >= 0.3 is 5.92 Å². The SMILES string of the molecule is CC(F)(F)C(=O)NC1[C@H]2COC[C@@H]12. The van der Waals surface area contributed by atoms with Gasteiger partial charge in [-0.2, -0.15) is 8.78 Å². The van der Waals surface area contributed by atoms with Crippen molar-refractivity contribution in [3.05, 3.63) is 0 Å². The molecule has 1 saturated carbocycles. The lowest BCUT2D eigenvalue weighted by Gasteiger charge is -2.11. The largest absolute Gasteiger partial charge is 0.381 e. The van der Waals surface area contributed by atoms with Crippen LogP contribution in [0.4, 0.5) is 8.78 Å². The van der Waals surface area contributed by atoms with Crippen molar-refractivity contribution in [2.75, 3.05) is 13.2 Å². The van der Waals surface area contributed by atoms with Crippen LogP contribution in [0.1, 0.15) is 6.92 Å². The van der Waals surface area contributed by atoms with Crippen molar-refractivity contribution < 1.29 is 18.3 Å². The number of carbonyl (C=O) groups excluding carboxylic acids is 1. The Morgan fingerprint density at radius 1 is 1.46 bits per heavy atom. The molecule has 0 aromatic rings. The number of hydrogen-bond donors (Lipinski definition) is 1. The van der Waals surface area contributed by atoms with Gasteiger partial charge in [0.25, 0.3) is 5.91 Å². The van der Waals surface area contributed by atoms with E-state index in [0.717, 1.165) is 0 Å². The molecule has 3 nitrogen and oxygen atoms in total. The van der Waals surface area contributed by atoms with Gasteiger partial charge in [0.2, 0.25) is 0 Å². The van der Waals surface area contributed by atoms with E-state index in [-0.39, 0.29) is 17.9 Å². The van der Waals surface area contributed by atoms with Crippen molar-refractivity contribution in [1.82, 2.24) is 5.32 Å². The number of alkyl halides is 2. The Morgan fingerprint density at radius 2 is 2.00 bits per heavy atom. The van der Waals surface area contributed by atoms with Gasteiger partial charge in [0, 0.05) is 24.8 Å². The van der Waals surface area contributed by atoms with E-state index in [1.54, 1.807) is 0 Å². The summed E-state index contributed by atoms with van der Waals surface area (Å²) < 4.78 is 29.9. The number of amides is 1. The van der Waals surface area contributed by atoms with E-state index in [9.17, 15) is 13.6 Å². The zero-order valence-corrected chi connectivity index (χ0v) is 7.22. The number of fused-ring (bicyclic) bond motifs is 1.